The van der Waals surface area contributed by atoms with E-state index in [0.29, 0.717) is 28.4 Å². The van der Waals surface area contributed by atoms with Gasteiger partial charge < -0.3 is 13.7 Å². The van der Waals surface area contributed by atoms with E-state index in [9.17, 15) is 8.78 Å². The summed E-state index contributed by atoms with van der Waals surface area (Å²) in [7, 11) is 1.54. The van der Waals surface area contributed by atoms with Crippen molar-refractivity contribution in [3.05, 3.63) is 48.5 Å². The Balaban J connectivity index is 1.58. The molecule has 0 radical (unpaired) electrons. The first-order valence-corrected chi connectivity index (χ1v) is 9.81. The predicted octanol–water partition coefficient (Wildman–Crippen LogP) is 3.39. The van der Waals surface area contributed by atoms with Crippen molar-refractivity contribution in [3.8, 4) is 17.0 Å². The molecule has 5 rings (SSSR count). The first-order valence-electron chi connectivity index (χ1n) is 9.81. The Bertz CT molecular complexity index is 1440. The first-order chi connectivity index (χ1) is 15.4. The van der Waals surface area contributed by atoms with Gasteiger partial charge in [-0.2, -0.15) is 18.9 Å². The van der Waals surface area contributed by atoms with Crippen LogP contribution in [0.4, 0.5) is 8.78 Å². The fraction of sp³-hybridized carbons (Fsp3) is 0.300. The quantitative estimate of drug-likeness (QED) is 0.395. The second-order valence-corrected chi connectivity index (χ2v) is 7.16. The zero-order valence-electron chi connectivity index (χ0n) is 17.5. The van der Waals surface area contributed by atoms with Crippen LogP contribution in [0.25, 0.3) is 27.8 Å². The van der Waals surface area contributed by atoms with Crippen LogP contribution in [0.3, 0.4) is 0 Å². The highest BCUT2D eigenvalue weighted by Gasteiger charge is 2.36. The molecule has 0 atom stereocenters. The molecule has 32 heavy (non-hydrogen) atoms. The van der Waals surface area contributed by atoms with Gasteiger partial charge >= 0.3 is 5.92 Å². The van der Waals surface area contributed by atoms with Gasteiger partial charge in [0.05, 0.1) is 12.6 Å². The summed E-state index contributed by atoms with van der Waals surface area (Å²) in [5.41, 5.74) is 3.51. The molecule has 0 aliphatic heterocycles. The van der Waals surface area contributed by atoms with Gasteiger partial charge in [0.2, 0.25) is 11.8 Å². The summed E-state index contributed by atoms with van der Waals surface area (Å²) in [5, 5.41) is 11.5. The second kappa shape index (κ2) is 7.32. The number of aryl methyl sites for hydroxylation is 1. The lowest BCUT2D eigenvalue weighted by molar-refractivity contribution is -0.0357. The lowest BCUT2D eigenvalue weighted by Gasteiger charge is -2.08. The van der Waals surface area contributed by atoms with E-state index in [1.807, 2.05) is 12.1 Å². The molecular formula is C20H18F2N8O2. The summed E-state index contributed by atoms with van der Waals surface area (Å²) < 4.78 is 41.8. The highest BCUT2D eigenvalue weighted by atomic mass is 19.3. The molecule has 164 valence electrons. The number of rotatable bonds is 6. The molecule has 0 aliphatic rings. The average molecular weight is 440 g/mol. The van der Waals surface area contributed by atoms with Crippen LogP contribution in [0.5, 0.6) is 5.88 Å². The van der Waals surface area contributed by atoms with E-state index < -0.39 is 18.2 Å². The summed E-state index contributed by atoms with van der Waals surface area (Å²) in [5.74, 6) is -2.73. The Kier molecular flexibility index (Phi) is 4.57. The van der Waals surface area contributed by atoms with Crippen LogP contribution < -0.4 is 4.74 Å². The Morgan fingerprint density at radius 1 is 1.22 bits per heavy atom. The number of pyridine rings is 1. The molecule has 5 aromatic heterocycles. The number of ether oxygens (including phenoxy) is 1. The van der Waals surface area contributed by atoms with Crippen molar-refractivity contribution in [1.29, 1.82) is 0 Å². The molecule has 0 spiro atoms. The second-order valence-electron chi connectivity index (χ2n) is 7.16. The Labute approximate surface area is 179 Å². The number of hydrogen-bond donors (Lipinski definition) is 0. The molecule has 0 saturated carbocycles. The summed E-state index contributed by atoms with van der Waals surface area (Å²) in [4.78, 5) is 13.1. The zero-order valence-corrected chi connectivity index (χ0v) is 17.5. The van der Waals surface area contributed by atoms with Gasteiger partial charge in [-0.1, -0.05) is 6.92 Å². The van der Waals surface area contributed by atoms with Crippen molar-refractivity contribution in [1.82, 2.24) is 39.3 Å². The predicted molar refractivity (Wildman–Crippen MR) is 108 cm³/mol. The number of fused-ring (bicyclic) bond motifs is 2. The van der Waals surface area contributed by atoms with Crippen LogP contribution in [0.15, 0.2) is 35.3 Å². The van der Waals surface area contributed by atoms with Crippen molar-refractivity contribution in [2.45, 2.75) is 32.7 Å². The van der Waals surface area contributed by atoms with Gasteiger partial charge in [-0.25, -0.2) is 14.5 Å². The summed E-state index contributed by atoms with van der Waals surface area (Å²) in [6.45, 7) is 3.24. The lowest BCUT2D eigenvalue weighted by atomic mass is 10.1. The number of imidazole rings is 1. The van der Waals surface area contributed by atoms with Gasteiger partial charge in [0.1, 0.15) is 24.2 Å². The average Bonchev–Trinajstić information content (AvgIpc) is 3.51. The maximum absolute atomic E-state index is 13.9. The molecule has 0 bridgehead atoms. The van der Waals surface area contributed by atoms with E-state index in [2.05, 4.69) is 30.2 Å². The molecule has 10 nitrogen and oxygen atoms in total. The third-order valence-electron chi connectivity index (χ3n) is 5.24. The molecular weight excluding hydrogens is 422 g/mol. The van der Waals surface area contributed by atoms with Gasteiger partial charge in [0.15, 0.2) is 5.65 Å². The first kappa shape index (κ1) is 20.0. The summed E-state index contributed by atoms with van der Waals surface area (Å²) in [6.07, 6.45) is 4.49. The topological polar surface area (TPSA) is 109 Å². The number of hydrogen-bond acceptors (Lipinski definition) is 8. The van der Waals surface area contributed by atoms with Crippen LogP contribution >= 0.6 is 0 Å². The molecule has 0 aliphatic carbocycles. The number of methoxy groups -OCH3 is 1. The van der Waals surface area contributed by atoms with Crippen LogP contribution in [-0.2, 0) is 12.5 Å². The molecule has 5 aromatic rings. The summed E-state index contributed by atoms with van der Waals surface area (Å²) >= 11 is 0. The standard InChI is InChI=1S/C20H18F2N8O2/c1-4-20(21,22)19-28-27-15(32-19)9-29-11(2)26-17-14(29)7-12(8-23-17)13-5-6-30-16(13)18(31-3)24-10-25-30/h5-8,10H,4,9H2,1-3H3. The van der Waals surface area contributed by atoms with Gasteiger partial charge in [-0.15, -0.1) is 10.2 Å². The van der Waals surface area contributed by atoms with Gasteiger partial charge in [0.25, 0.3) is 5.89 Å². The highest BCUT2D eigenvalue weighted by molar-refractivity contribution is 5.87. The third-order valence-corrected chi connectivity index (χ3v) is 5.24. The normalized spacial score (nSPS) is 12.2. The fourth-order valence-electron chi connectivity index (χ4n) is 3.53. The number of alkyl halides is 2. The molecule has 12 heteroatoms. The Morgan fingerprint density at radius 3 is 2.84 bits per heavy atom. The SMILES string of the molecule is CCC(F)(F)c1nnc(Cn2c(C)nc3ncc(-c4ccn5ncnc(OC)c45)cc32)o1. The largest absolute Gasteiger partial charge is 0.479 e. The number of aromatic nitrogens is 8. The maximum Gasteiger partial charge on any atom is 0.323 e. The van der Waals surface area contributed by atoms with Crippen LogP contribution in [-0.4, -0.2) is 46.4 Å². The Hall–Kier alpha value is -3.96. The minimum atomic E-state index is -3.16. The maximum atomic E-state index is 13.9. The molecule has 0 saturated heterocycles. The molecule has 0 N–H and O–H groups in total. The lowest BCUT2D eigenvalue weighted by Crippen LogP contribution is -2.11. The molecule has 0 aromatic carbocycles. The highest BCUT2D eigenvalue weighted by Crippen LogP contribution is 2.32. The van der Waals surface area contributed by atoms with E-state index in [1.165, 1.54) is 13.3 Å². The van der Waals surface area contributed by atoms with E-state index in [0.717, 1.165) is 11.1 Å². The van der Waals surface area contributed by atoms with E-state index in [4.69, 9.17) is 9.15 Å². The van der Waals surface area contributed by atoms with Crippen molar-refractivity contribution >= 4 is 16.7 Å². The minimum Gasteiger partial charge on any atom is -0.479 e. The molecule has 0 unspecified atom stereocenters. The fourth-order valence-corrected chi connectivity index (χ4v) is 3.53. The number of halogens is 2. The van der Waals surface area contributed by atoms with Crippen LogP contribution in [0.1, 0.15) is 31.0 Å². The van der Waals surface area contributed by atoms with Gasteiger partial charge in [-0.05, 0) is 19.1 Å². The van der Waals surface area contributed by atoms with E-state index in [-0.39, 0.29) is 12.4 Å². The van der Waals surface area contributed by atoms with Gasteiger partial charge in [-0.3, -0.25) is 0 Å². The van der Waals surface area contributed by atoms with Crippen molar-refractivity contribution < 1.29 is 17.9 Å². The third kappa shape index (κ3) is 3.15. The Morgan fingerprint density at radius 2 is 2.06 bits per heavy atom. The van der Waals surface area contributed by atoms with E-state index in [1.54, 1.807) is 35.5 Å². The van der Waals surface area contributed by atoms with Crippen LogP contribution in [0, 0.1) is 6.92 Å². The monoisotopic (exact) mass is 440 g/mol. The zero-order chi connectivity index (χ0) is 22.5. The smallest absolute Gasteiger partial charge is 0.323 e. The molecule has 0 amide bonds. The molecule has 0 fully saturated rings. The van der Waals surface area contributed by atoms with Crippen molar-refractivity contribution in [2.24, 2.45) is 0 Å². The van der Waals surface area contributed by atoms with Gasteiger partial charge in [0, 0.05) is 29.9 Å². The van der Waals surface area contributed by atoms with Crippen LogP contribution in [0.2, 0.25) is 0 Å². The van der Waals surface area contributed by atoms with E-state index >= 15 is 0 Å². The molecule has 5 heterocycles. The number of nitrogens with zero attached hydrogens (tertiary/aromatic N) is 8. The summed E-state index contributed by atoms with van der Waals surface area (Å²) in [6, 6.07) is 3.79. The van der Waals surface area contributed by atoms with Crippen molar-refractivity contribution in [2.75, 3.05) is 7.11 Å². The minimum absolute atomic E-state index is 0.0605. The van der Waals surface area contributed by atoms with Crippen molar-refractivity contribution in [3.63, 3.8) is 0 Å².